The quantitative estimate of drug-likeness (QED) is 0.497. The van der Waals surface area contributed by atoms with Crippen LogP contribution in [0.5, 0.6) is 5.75 Å². The number of allylic oxidation sites excluding steroid dienone is 2. The van der Waals surface area contributed by atoms with E-state index >= 15 is 0 Å². The number of hydrogen-bond acceptors (Lipinski definition) is 5. The first kappa shape index (κ1) is 21.9. The molecule has 2 N–H and O–H groups in total. The van der Waals surface area contributed by atoms with E-state index in [1.165, 1.54) is 16.7 Å². The number of aryl methyl sites for hydroxylation is 1. The molecule has 1 aliphatic heterocycles. The zero-order chi connectivity index (χ0) is 23.1. The maximum absolute atomic E-state index is 5.59. The molecule has 174 valence electrons. The molecule has 5 rings (SSSR count). The Hall–Kier alpha value is -2.90. The van der Waals surface area contributed by atoms with E-state index in [1.807, 2.05) is 18.3 Å². The molecule has 2 fully saturated rings. The van der Waals surface area contributed by atoms with Crippen LogP contribution in [0.4, 0.5) is 0 Å². The zero-order valence-corrected chi connectivity index (χ0v) is 19.9. The first-order valence-corrected chi connectivity index (χ1v) is 11.8. The van der Waals surface area contributed by atoms with Crippen LogP contribution in [0.25, 0.3) is 23.0 Å². The second-order valence-corrected chi connectivity index (χ2v) is 9.55. The van der Waals surface area contributed by atoms with Gasteiger partial charge < -0.3 is 19.8 Å². The smallest absolute Gasteiger partial charge is 0.197 e. The van der Waals surface area contributed by atoms with E-state index in [1.54, 1.807) is 18.0 Å². The summed E-state index contributed by atoms with van der Waals surface area (Å²) in [6, 6.07) is 3.16. The van der Waals surface area contributed by atoms with Crippen molar-refractivity contribution in [3.8, 4) is 17.0 Å². The summed E-state index contributed by atoms with van der Waals surface area (Å²) in [7, 11) is 1.67. The van der Waals surface area contributed by atoms with Crippen molar-refractivity contribution < 1.29 is 9.47 Å². The van der Waals surface area contributed by atoms with Crippen LogP contribution in [-0.4, -0.2) is 52.0 Å². The minimum Gasteiger partial charge on any atom is -0.493 e. The molecule has 0 amide bonds. The number of fused-ring (bicyclic) bond motifs is 1. The Bertz CT molecular complexity index is 1190. The van der Waals surface area contributed by atoms with Crippen LogP contribution in [0.15, 0.2) is 36.8 Å². The summed E-state index contributed by atoms with van der Waals surface area (Å²) >= 11 is 0. The summed E-state index contributed by atoms with van der Waals surface area (Å²) in [5, 5.41) is 8.03. The van der Waals surface area contributed by atoms with Gasteiger partial charge in [-0.15, -0.1) is 0 Å². The van der Waals surface area contributed by atoms with Crippen LogP contribution in [0.1, 0.15) is 49.4 Å². The third-order valence-electron chi connectivity index (χ3n) is 6.97. The molecule has 33 heavy (non-hydrogen) atoms. The second kappa shape index (κ2) is 8.80. The molecular weight excluding hydrogens is 414 g/mol. The molecule has 3 aromatic heterocycles. The summed E-state index contributed by atoms with van der Waals surface area (Å²) in [4.78, 5) is 7.96. The lowest BCUT2D eigenvalue weighted by Crippen LogP contribution is -2.54. The number of rotatable bonds is 8. The van der Waals surface area contributed by atoms with Gasteiger partial charge in [0, 0.05) is 23.5 Å². The molecule has 0 aromatic carbocycles. The van der Waals surface area contributed by atoms with Gasteiger partial charge in [-0.3, -0.25) is 0 Å². The minimum atomic E-state index is 0.342. The fourth-order valence-corrected chi connectivity index (χ4v) is 5.06. The molecule has 1 saturated carbocycles. The lowest BCUT2D eigenvalue weighted by Gasteiger charge is -2.41. The highest BCUT2D eigenvalue weighted by atomic mass is 16.5. The Morgan fingerprint density at radius 3 is 2.76 bits per heavy atom. The van der Waals surface area contributed by atoms with Crippen molar-refractivity contribution >= 4 is 11.7 Å². The molecule has 4 heterocycles. The van der Waals surface area contributed by atoms with E-state index < -0.39 is 0 Å². The molecular formula is C26H33N5O2. The Morgan fingerprint density at radius 1 is 1.33 bits per heavy atom. The van der Waals surface area contributed by atoms with E-state index in [9.17, 15) is 0 Å². The van der Waals surface area contributed by atoms with Gasteiger partial charge in [-0.2, -0.15) is 5.10 Å². The van der Waals surface area contributed by atoms with Crippen molar-refractivity contribution in [3.05, 3.63) is 53.6 Å². The molecule has 0 atom stereocenters. The number of methoxy groups -OCH3 is 1. The van der Waals surface area contributed by atoms with Crippen molar-refractivity contribution in [2.75, 3.05) is 20.3 Å². The fraction of sp³-hybridized carbons (Fsp3) is 0.462. The summed E-state index contributed by atoms with van der Waals surface area (Å²) in [5.74, 6) is 1.60. The summed E-state index contributed by atoms with van der Waals surface area (Å²) in [5.41, 5.74) is 7.89. The molecule has 7 heteroatoms. The molecule has 0 radical (unpaired) electrons. The highest BCUT2D eigenvalue weighted by Gasteiger charge is 2.34. The number of aromatic nitrogens is 4. The Balaban J connectivity index is 1.48. The van der Waals surface area contributed by atoms with Gasteiger partial charge in [-0.25, -0.2) is 9.50 Å². The van der Waals surface area contributed by atoms with Crippen molar-refractivity contribution in [1.29, 1.82) is 0 Å². The van der Waals surface area contributed by atoms with Crippen LogP contribution in [0, 0.1) is 12.8 Å². The number of nitrogens with one attached hydrogen (secondary N) is 2. The predicted octanol–water partition coefficient (Wildman–Crippen LogP) is 4.50. The van der Waals surface area contributed by atoms with Gasteiger partial charge in [-0.05, 0) is 60.4 Å². The predicted molar refractivity (Wildman–Crippen MR) is 131 cm³/mol. The van der Waals surface area contributed by atoms with Crippen molar-refractivity contribution in [3.63, 3.8) is 0 Å². The van der Waals surface area contributed by atoms with Crippen LogP contribution in [0.2, 0.25) is 0 Å². The maximum Gasteiger partial charge on any atom is 0.197 e. The number of hydrogen-bond donors (Lipinski definition) is 2. The van der Waals surface area contributed by atoms with Crippen LogP contribution in [0.3, 0.4) is 0 Å². The molecule has 1 saturated heterocycles. The fourth-order valence-electron chi connectivity index (χ4n) is 5.06. The Morgan fingerprint density at radius 2 is 2.12 bits per heavy atom. The van der Waals surface area contributed by atoms with Gasteiger partial charge in [-0.1, -0.05) is 26.5 Å². The van der Waals surface area contributed by atoms with E-state index in [0.717, 1.165) is 43.0 Å². The Kier molecular flexibility index (Phi) is 5.85. The van der Waals surface area contributed by atoms with Crippen LogP contribution < -0.4 is 10.1 Å². The first-order valence-electron chi connectivity index (χ1n) is 11.8. The standard InChI is InChI=1S/C26H33N5O2/c1-6-17(18-7-20(8-18)30-21-12-33-13-21)9-22-16(4)29-25(24(22)15(2)3)19-10-23(32-5)26-27-14-28-31(26)11-19/h6,9-11,14-15,18,20-21,29-30H,1,7-8,12-13H2,2-5H3/b17-9+. The number of H-pyrrole nitrogens is 1. The van der Waals surface area contributed by atoms with Crippen molar-refractivity contribution in [1.82, 2.24) is 24.9 Å². The lowest BCUT2D eigenvalue weighted by atomic mass is 9.74. The lowest BCUT2D eigenvalue weighted by molar-refractivity contribution is -0.0168. The topological polar surface area (TPSA) is 76.5 Å². The largest absolute Gasteiger partial charge is 0.493 e. The molecule has 0 unspecified atom stereocenters. The van der Waals surface area contributed by atoms with E-state index in [-0.39, 0.29) is 0 Å². The monoisotopic (exact) mass is 447 g/mol. The highest BCUT2D eigenvalue weighted by molar-refractivity contribution is 5.76. The van der Waals surface area contributed by atoms with Gasteiger partial charge in [0.1, 0.15) is 6.33 Å². The number of nitrogens with zero attached hydrogens (tertiary/aromatic N) is 3. The summed E-state index contributed by atoms with van der Waals surface area (Å²) in [6.45, 7) is 12.5. The first-order chi connectivity index (χ1) is 16.0. The van der Waals surface area contributed by atoms with E-state index in [0.29, 0.717) is 35.3 Å². The molecule has 1 aliphatic carbocycles. The highest BCUT2D eigenvalue weighted by Crippen LogP contribution is 2.40. The van der Waals surface area contributed by atoms with Crippen molar-refractivity contribution in [2.24, 2.45) is 5.92 Å². The number of aromatic amines is 1. The third kappa shape index (κ3) is 4.00. The average Bonchev–Trinajstić information content (AvgIpc) is 3.34. The van der Waals surface area contributed by atoms with Crippen LogP contribution >= 0.6 is 0 Å². The number of ether oxygens (including phenoxy) is 2. The molecule has 2 aliphatic rings. The minimum absolute atomic E-state index is 0.342. The second-order valence-electron chi connectivity index (χ2n) is 9.55. The normalized spacial score (nSPS) is 21.3. The van der Waals surface area contributed by atoms with E-state index in [4.69, 9.17) is 9.47 Å². The number of pyridine rings is 1. The van der Waals surface area contributed by atoms with Crippen LogP contribution in [-0.2, 0) is 4.74 Å². The van der Waals surface area contributed by atoms with Crippen molar-refractivity contribution in [2.45, 2.75) is 51.6 Å². The molecule has 3 aromatic rings. The zero-order valence-electron chi connectivity index (χ0n) is 19.9. The average molecular weight is 448 g/mol. The summed E-state index contributed by atoms with van der Waals surface area (Å²) < 4.78 is 12.7. The molecule has 0 spiro atoms. The Labute approximate surface area is 194 Å². The van der Waals surface area contributed by atoms with Gasteiger partial charge in [0.05, 0.1) is 32.1 Å². The molecule has 7 nitrogen and oxygen atoms in total. The van der Waals surface area contributed by atoms with Gasteiger partial charge >= 0.3 is 0 Å². The third-order valence-corrected chi connectivity index (χ3v) is 6.97. The van der Waals surface area contributed by atoms with Gasteiger partial charge in [0.25, 0.3) is 0 Å². The SMILES string of the molecule is C=C/C(=C\c1c(C)[nH]c(-c2cc(OC)c3ncnn3c2)c1C(C)C)C1CC(NC2COC2)C1. The summed E-state index contributed by atoms with van der Waals surface area (Å²) in [6.07, 6.45) is 10.2. The maximum atomic E-state index is 5.59. The van der Waals surface area contributed by atoms with E-state index in [2.05, 4.69) is 53.8 Å². The van der Waals surface area contributed by atoms with Gasteiger partial charge in [0.15, 0.2) is 11.4 Å². The van der Waals surface area contributed by atoms with Gasteiger partial charge in [0.2, 0.25) is 0 Å². The molecule has 0 bridgehead atoms.